The summed E-state index contributed by atoms with van der Waals surface area (Å²) in [4.78, 5) is 13.2. The number of allylic oxidation sites excluding steroid dienone is 6. The van der Waals surface area contributed by atoms with Crippen LogP contribution in [0, 0.1) is 0 Å². The van der Waals surface area contributed by atoms with E-state index in [1.807, 2.05) is 0 Å². The van der Waals surface area contributed by atoms with Crippen LogP contribution >= 0.6 is 0 Å². The van der Waals surface area contributed by atoms with Gasteiger partial charge in [0.1, 0.15) is 36.6 Å². The standard InChI is InChI=1S/C66H125NO10/c1-3-5-7-9-11-13-15-17-19-21-23-25-26-27-28-29-30-31-32-34-35-37-39-41-43-45-47-49-51-53-58(69)61(71)57(56-76-66-64(74)63(73)62(72)60(55-68)77-66)67-65(75)59(70)54-52-50-48-46-44-42-40-38-36-33-24-22-20-18-16-14-12-10-8-6-4-2/h31-32,37,39,45,47,57-64,66,68-74H,3-30,33-36,38,40-44,46,48-56H2,1-2H3,(H,67,75)/b32-31+,39-37+,47-45+. The highest BCUT2D eigenvalue weighted by atomic mass is 16.7. The molecule has 1 fully saturated rings. The third kappa shape index (κ3) is 42.8. The average molecular weight is 1090 g/mol. The lowest BCUT2D eigenvalue weighted by atomic mass is 9.98. The molecule has 0 aliphatic carbocycles. The molecule has 1 heterocycles. The third-order valence-electron chi connectivity index (χ3n) is 15.9. The zero-order valence-electron chi connectivity index (χ0n) is 50.0. The summed E-state index contributed by atoms with van der Waals surface area (Å²) in [6.07, 6.45) is 57.9. The number of rotatable bonds is 57. The van der Waals surface area contributed by atoms with E-state index in [0.29, 0.717) is 19.3 Å². The summed E-state index contributed by atoms with van der Waals surface area (Å²) in [5.41, 5.74) is 0. The second-order valence-electron chi connectivity index (χ2n) is 23.2. The largest absolute Gasteiger partial charge is 0.394 e. The molecule has 0 bridgehead atoms. The van der Waals surface area contributed by atoms with Crippen molar-refractivity contribution in [2.24, 2.45) is 0 Å². The lowest BCUT2D eigenvalue weighted by Crippen LogP contribution is -2.60. The highest BCUT2D eigenvalue weighted by Gasteiger charge is 2.44. The first-order chi connectivity index (χ1) is 37.7. The lowest BCUT2D eigenvalue weighted by Gasteiger charge is -2.40. The van der Waals surface area contributed by atoms with Gasteiger partial charge in [-0.2, -0.15) is 0 Å². The fourth-order valence-electron chi connectivity index (χ4n) is 10.6. The maximum Gasteiger partial charge on any atom is 0.249 e. The molecule has 0 aromatic heterocycles. The van der Waals surface area contributed by atoms with Gasteiger partial charge in [-0.25, -0.2) is 0 Å². The molecule has 0 spiro atoms. The third-order valence-corrected chi connectivity index (χ3v) is 15.9. The minimum absolute atomic E-state index is 0.243. The highest BCUT2D eigenvalue weighted by molar-refractivity contribution is 5.80. The van der Waals surface area contributed by atoms with E-state index in [1.165, 1.54) is 218 Å². The lowest BCUT2D eigenvalue weighted by molar-refractivity contribution is -0.303. The van der Waals surface area contributed by atoms with Gasteiger partial charge in [-0.3, -0.25) is 4.79 Å². The Balaban J connectivity index is 2.28. The summed E-state index contributed by atoms with van der Waals surface area (Å²) in [5.74, 6) is -0.707. The van der Waals surface area contributed by atoms with E-state index in [9.17, 15) is 40.5 Å². The summed E-state index contributed by atoms with van der Waals surface area (Å²) in [6.45, 7) is 3.48. The van der Waals surface area contributed by atoms with Gasteiger partial charge in [-0.15, -0.1) is 0 Å². The van der Waals surface area contributed by atoms with Crippen molar-refractivity contribution >= 4 is 5.91 Å². The molecule has 1 aliphatic heterocycles. The van der Waals surface area contributed by atoms with Crippen molar-refractivity contribution in [3.8, 4) is 0 Å². The molecule has 454 valence electrons. The van der Waals surface area contributed by atoms with Gasteiger partial charge in [0, 0.05) is 0 Å². The Morgan fingerprint density at radius 2 is 0.779 bits per heavy atom. The van der Waals surface area contributed by atoms with Gasteiger partial charge in [-0.05, 0) is 64.2 Å². The second kappa shape index (κ2) is 54.9. The molecule has 77 heavy (non-hydrogen) atoms. The molecule has 8 N–H and O–H groups in total. The van der Waals surface area contributed by atoms with E-state index in [4.69, 9.17) is 9.47 Å². The number of hydrogen-bond acceptors (Lipinski definition) is 10. The normalized spacial score (nSPS) is 19.7. The Morgan fingerprint density at radius 1 is 0.442 bits per heavy atom. The molecule has 9 unspecified atom stereocenters. The van der Waals surface area contributed by atoms with Crippen LogP contribution in [-0.4, -0.2) is 110 Å². The van der Waals surface area contributed by atoms with Gasteiger partial charge in [0.2, 0.25) is 5.91 Å². The molecule has 1 saturated heterocycles. The monoisotopic (exact) mass is 1090 g/mol. The van der Waals surface area contributed by atoms with Crippen molar-refractivity contribution in [3.63, 3.8) is 0 Å². The highest BCUT2D eigenvalue weighted by Crippen LogP contribution is 2.24. The van der Waals surface area contributed by atoms with Gasteiger partial charge >= 0.3 is 0 Å². The number of hydrogen-bond donors (Lipinski definition) is 8. The maximum absolute atomic E-state index is 13.2. The van der Waals surface area contributed by atoms with Crippen LogP contribution < -0.4 is 5.32 Å². The van der Waals surface area contributed by atoms with E-state index in [1.54, 1.807) is 0 Å². The van der Waals surface area contributed by atoms with Crippen molar-refractivity contribution in [2.75, 3.05) is 13.2 Å². The van der Waals surface area contributed by atoms with Crippen LogP contribution in [0.3, 0.4) is 0 Å². The van der Waals surface area contributed by atoms with Crippen molar-refractivity contribution in [1.82, 2.24) is 5.32 Å². The first kappa shape index (κ1) is 73.3. The number of amides is 1. The minimum Gasteiger partial charge on any atom is -0.394 e. The van der Waals surface area contributed by atoms with Crippen LogP contribution in [0.5, 0.6) is 0 Å². The molecular formula is C66H125NO10. The molecule has 0 aromatic carbocycles. The molecule has 0 aromatic rings. The fourth-order valence-corrected chi connectivity index (χ4v) is 10.6. The summed E-state index contributed by atoms with van der Waals surface area (Å²) in [7, 11) is 0. The Hall–Kier alpha value is -1.67. The summed E-state index contributed by atoms with van der Waals surface area (Å²) >= 11 is 0. The quantitative estimate of drug-likeness (QED) is 0.0215. The molecule has 1 aliphatic rings. The average Bonchev–Trinajstić information content (AvgIpc) is 3.43. The minimum atomic E-state index is -1.67. The molecule has 0 saturated carbocycles. The molecule has 1 amide bonds. The van der Waals surface area contributed by atoms with Crippen molar-refractivity contribution in [1.29, 1.82) is 0 Å². The van der Waals surface area contributed by atoms with Crippen LogP contribution in [0.1, 0.15) is 309 Å². The Morgan fingerprint density at radius 3 is 1.16 bits per heavy atom. The van der Waals surface area contributed by atoms with Crippen LogP contribution in [-0.2, 0) is 14.3 Å². The van der Waals surface area contributed by atoms with Crippen LogP contribution in [0.25, 0.3) is 0 Å². The van der Waals surface area contributed by atoms with Gasteiger partial charge in [0.15, 0.2) is 6.29 Å². The summed E-state index contributed by atoms with van der Waals surface area (Å²) < 4.78 is 11.2. The first-order valence-electron chi connectivity index (χ1n) is 32.9. The Labute approximate surface area is 473 Å². The second-order valence-corrected chi connectivity index (χ2v) is 23.2. The van der Waals surface area contributed by atoms with Crippen molar-refractivity contribution in [2.45, 2.75) is 364 Å². The smallest absolute Gasteiger partial charge is 0.249 e. The number of aliphatic hydroxyl groups is 7. The van der Waals surface area contributed by atoms with Gasteiger partial charge < -0.3 is 50.5 Å². The Bertz CT molecular complexity index is 1350. The number of unbranched alkanes of at least 4 members (excludes halogenated alkanes) is 39. The topological polar surface area (TPSA) is 189 Å². The SMILES string of the molecule is CCCCCCCCCCCCCCCCCC/C=C/CC/C=C/CC/C=C/CCCC(O)C(O)C(COC1OC(CO)C(O)C(O)C1O)NC(=O)C(O)CCCCCCCCCCCCCCCCCCCCCCC. The van der Waals surface area contributed by atoms with Crippen molar-refractivity contribution in [3.05, 3.63) is 36.5 Å². The molecule has 11 heteroatoms. The van der Waals surface area contributed by atoms with E-state index < -0.39 is 74.2 Å². The van der Waals surface area contributed by atoms with Crippen molar-refractivity contribution < 1.29 is 50.0 Å². The summed E-state index contributed by atoms with van der Waals surface area (Å²) in [5, 5.41) is 76.3. The van der Waals surface area contributed by atoms with Crippen LogP contribution in [0.15, 0.2) is 36.5 Å². The number of carbonyl (C=O) groups excluding carboxylic acids is 1. The summed E-state index contributed by atoms with van der Waals surface area (Å²) in [6, 6.07) is -1.19. The van der Waals surface area contributed by atoms with E-state index in [2.05, 4.69) is 55.6 Å². The molecule has 11 nitrogen and oxygen atoms in total. The maximum atomic E-state index is 13.2. The van der Waals surface area contributed by atoms with Gasteiger partial charge in [0.05, 0.1) is 25.4 Å². The predicted molar refractivity (Wildman–Crippen MR) is 321 cm³/mol. The first-order valence-corrected chi connectivity index (χ1v) is 32.9. The molecule has 0 radical (unpaired) electrons. The van der Waals surface area contributed by atoms with E-state index in [-0.39, 0.29) is 12.8 Å². The van der Waals surface area contributed by atoms with E-state index >= 15 is 0 Å². The van der Waals surface area contributed by atoms with Crippen LogP contribution in [0.2, 0.25) is 0 Å². The number of carbonyl (C=O) groups is 1. The molecular weight excluding hydrogens is 967 g/mol. The molecule has 9 atom stereocenters. The fraction of sp³-hybridized carbons (Fsp3) is 0.894. The van der Waals surface area contributed by atoms with Gasteiger partial charge in [-0.1, -0.05) is 281 Å². The number of aliphatic hydroxyl groups excluding tert-OH is 7. The predicted octanol–water partition coefficient (Wildman–Crippen LogP) is 15.0. The zero-order chi connectivity index (χ0) is 56.1. The Kier molecular flexibility index (Phi) is 52.3. The molecule has 1 rings (SSSR count). The van der Waals surface area contributed by atoms with Gasteiger partial charge in [0.25, 0.3) is 0 Å². The van der Waals surface area contributed by atoms with Crippen LogP contribution in [0.4, 0.5) is 0 Å². The zero-order valence-corrected chi connectivity index (χ0v) is 50.0. The van der Waals surface area contributed by atoms with E-state index in [0.717, 1.165) is 44.9 Å². The number of ether oxygens (including phenoxy) is 2. The number of nitrogens with one attached hydrogen (secondary N) is 1.